The summed E-state index contributed by atoms with van der Waals surface area (Å²) in [5.74, 6) is -0.262. The molecule has 2 amide bonds. The second-order valence-electron chi connectivity index (χ2n) is 8.00. The summed E-state index contributed by atoms with van der Waals surface area (Å²) in [6.45, 7) is 0. The van der Waals surface area contributed by atoms with Gasteiger partial charge in [0.2, 0.25) is 5.91 Å². The van der Waals surface area contributed by atoms with E-state index in [9.17, 15) is 14.9 Å². The number of thiophene rings is 2. The molecule has 1 atom stereocenters. The molecule has 1 saturated carbocycles. The van der Waals surface area contributed by atoms with E-state index in [1.165, 1.54) is 17.4 Å². The van der Waals surface area contributed by atoms with Crippen LogP contribution in [0, 0.1) is 11.3 Å². The van der Waals surface area contributed by atoms with E-state index in [1.807, 2.05) is 23.9 Å². The van der Waals surface area contributed by atoms with Crippen molar-refractivity contribution in [1.82, 2.24) is 4.90 Å². The molecule has 2 aliphatic rings. The van der Waals surface area contributed by atoms with Crippen LogP contribution >= 0.6 is 22.7 Å². The molecule has 2 heterocycles. The van der Waals surface area contributed by atoms with Crippen LogP contribution in [0.1, 0.15) is 53.7 Å². The van der Waals surface area contributed by atoms with E-state index in [0.29, 0.717) is 29.8 Å². The quantitative estimate of drug-likeness (QED) is 0.628. The lowest BCUT2D eigenvalue weighted by Gasteiger charge is -2.28. The molecule has 1 N–H and O–H groups in total. The summed E-state index contributed by atoms with van der Waals surface area (Å²) in [6, 6.07) is 4.46. The van der Waals surface area contributed by atoms with E-state index < -0.39 is 0 Å². The Morgan fingerprint density at radius 1 is 1.32 bits per heavy atom. The van der Waals surface area contributed by atoms with Gasteiger partial charge in [-0.2, -0.15) is 16.6 Å². The van der Waals surface area contributed by atoms with Crippen molar-refractivity contribution in [2.24, 2.45) is 0 Å². The smallest absolute Gasteiger partial charge is 0.410 e. The summed E-state index contributed by atoms with van der Waals surface area (Å²) in [4.78, 5) is 27.6. The highest BCUT2D eigenvalue weighted by Gasteiger charge is 2.31. The summed E-state index contributed by atoms with van der Waals surface area (Å²) >= 11 is 2.98. The van der Waals surface area contributed by atoms with Gasteiger partial charge in [-0.25, -0.2) is 4.79 Å². The second kappa shape index (κ2) is 9.67. The van der Waals surface area contributed by atoms with Crippen LogP contribution in [0.4, 0.5) is 9.80 Å². The van der Waals surface area contributed by atoms with Crippen molar-refractivity contribution in [2.75, 3.05) is 12.4 Å². The average Bonchev–Trinajstić information content (AvgIpc) is 3.52. The molecule has 8 heteroatoms. The number of fused-ring (bicyclic) bond motifs is 1. The van der Waals surface area contributed by atoms with Crippen LogP contribution in [0.3, 0.4) is 0 Å². The van der Waals surface area contributed by atoms with E-state index in [0.717, 1.165) is 41.7 Å². The fourth-order valence-electron chi connectivity index (χ4n) is 4.22. The lowest BCUT2D eigenvalue weighted by Crippen LogP contribution is -2.38. The number of nitrogens with one attached hydrogen (secondary N) is 1. The van der Waals surface area contributed by atoms with Gasteiger partial charge in [-0.3, -0.25) is 4.79 Å². The minimum Gasteiger partial charge on any atom is -0.446 e. The van der Waals surface area contributed by atoms with Crippen molar-refractivity contribution in [3.8, 4) is 6.07 Å². The Kier molecular flexibility index (Phi) is 6.73. The van der Waals surface area contributed by atoms with Gasteiger partial charge in [-0.15, -0.1) is 11.3 Å². The Morgan fingerprint density at radius 3 is 2.84 bits per heavy atom. The van der Waals surface area contributed by atoms with Crippen molar-refractivity contribution in [2.45, 2.75) is 57.1 Å². The van der Waals surface area contributed by atoms with Gasteiger partial charge in [-0.1, -0.05) is 12.8 Å². The highest BCUT2D eigenvalue weighted by atomic mass is 32.1. The van der Waals surface area contributed by atoms with E-state index in [2.05, 4.69) is 11.4 Å². The molecule has 6 nitrogen and oxygen atoms in total. The Labute approximate surface area is 190 Å². The highest BCUT2D eigenvalue weighted by molar-refractivity contribution is 7.16. The van der Waals surface area contributed by atoms with Gasteiger partial charge >= 0.3 is 6.09 Å². The second-order valence-corrected chi connectivity index (χ2v) is 9.88. The number of anilines is 1. The van der Waals surface area contributed by atoms with Crippen LogP contribution in [0.5, 0.6) is 0 Å². The molecule has 0 radical (unpaired) electrons. The predicted octanol–water partition coefficient (Wildman–Crippen LogP) is 5.20. The molecule has 1 unspecified atom stereocenters. The normalized spacial score (nSPS) is 18.5. The number of amides is 2. The third kappa shape index (κ3) is 5.00. The minimum absolute atomic E-state index is 0.198. The summed E-state index contributed by atoms with van der Waals surface area (Å²) in [5, 5.41) is 17.0. The third-order valence-electron chi connectivity index (χ3n) is 5.97. The molecule has 0 bridgehead atoms. The zero-order valence-electron chi connectivity index (χ0n) is 17.4. The van der Waals surface area contributed by atoms with Crippen LogP contribution in [0.25, 0.3) is 6.08 Å². The molecule has 4 rings (SSSR count). The van der Waals surface area contributed by atoms with E-state index in [-0.39, 0.29) is 24.1 Å². The fraction of sp³-hybridized carbons (Fsp3) is 0.435. The number of hydrogen-bond acceptors (Lipinski definition) is 6. The molecular formula is C23H25N3O3S2. The van der Waals surface area contributed by atoms with Gasteiger partial charge in [0.05, 0.1) is 5.56 Å². The Bertz CT molecular complexity index is 1010. The molecule has 0 aromatic carbocycles. The number of nitrogens with zero attached hydrogens (tertiary/aromatic N) is 2. The van der Waals surface area contributed by atoms with Gasteiger partial charge in [0.1, 0.15) is 17.2 Å². The maximum Gasteiger partial charge on any atom is 0.410 e. The first-order valence-corrected chi connectivity index (χ1v) is 12.3. The van der Waals surface area contributed by atoms with Gasteiger partial charge < -0.3 is 15.0 Å². The first kappa shape index (κ1) is 21.6. The van der Waals surface area contributed by atoms with E-state index in [4.69, 9.17) is 4.74 Å². The first-order valence-electron chi connectivity index (χ1n) is 10.5. The summed E-state index contributed by atoms with van der Waals surface area (Å²) < 4.78 is 5.78. The zero-order chi connectivity index (χ0) is 21.8. The van der Waals surface area contributed by atoms with Crippen LogP contribution < -0.4 is 5.32 Å². The van der Waals surface area contributed by atoms with Crippen LogP contribution in [-0.4, -0.2) is 36.1 Å². The minimum atomic E-state index is -0.262. The summed E-state index contributed by atoms with van der Waals surface area (Å²) in [5.41, 5.74) is 2.48. The SMILES string of the molecule is CN(C(=O)OC1CCc2c(sc(NC(=O)/C=C/c3ccsc3)c2C#N)C1)C1CCCC1. The van der Waals surface area contributed by atoms with Crippen molar-refractivity contribution < 1.29 is 14.3 Å². The lowest BCUT2D eigenvalue weighted by atomic mass is 9.94. The van der Waals surface area contributed by atoms with Crippen LogP contribution in [0.2, 0.25) is 0 Å². The fourth-order valence-corrected chi connectivity index (χ4v) is 6.12. The molecule has 0 aliphatic heterocycles. The predicted molar refractivity (Wildman–Crippen MR) is 123 cm³/mol. The van der Waals surface area contributed by atoms with Crippen molar-refractivity contribution in [3.63, 3.8) is 0 Å². The molecule has 2 aromatic rings. The van der Waals surface area contributed by atoms with E-state index >= 15 is 0 Å². The average molecular weight is 456 g/mol. The number of nitriles is 1. The largest absolute Gasteiger partial charge is 0.446 e. The van der Waals surface area contributed by atoms with Gasteiger partial charge in [-0.05, 0) is 59.7 Å². The van der Waals surface area contributed by atoms with E-state index in [1.54, 1.807) is 22.3 Å². The van der Waals surface area contributed by atoms with Crippen molar-refractivity contribution in [1.29, 1.82) is 5.26 Å². The molecule has 162 valence electrons. The monoisotopic (exact) mass is 455 g/mol. The Morgan fingerprint density at radius 2 is 2.13 bits per heavy atom. The molecule has 2 aromatic heterocycles. The summed E-state index contributed by atoms with van der Waals surface area (Å²) in [6.07, 6.45) is 9.12. The summed E-state index contributed by atoms with van der Waals surface area (Å²) in [7, 11) is 1.82. The standard InChI is InChI=1S/C23H25N3O3S2/c1-26(16-4-2-3-5-16)23(28)29-17-7-8-18-19(13-24)22(31-20(18)12-17)25-21(27)9-6-15-10-11-30-14-15/h6,9-11,14,16-17H,2-5,7-8,12H2,1H3,(H,25,27)/b9-6+. The van der Waals surface area contributed by atoms with Crippen LogP contribution in [-0.2, 0) is 22.4 Å². The molecule has 31 heavy (non-hydrogen) atoms. The highest BCUT2D eigenvalue weighted by Crippen LogP contribution is 2.38. The third-order valence-corrected chi connectivity index (χ3v) is 7.84. The van der Waals surface area contributed by atoms with Gasteiger partial charge in [0.25, 0.3) is 0 Å². The zero-order valence-corrected chi connectivity index (χ0v) is 19.1. The Hall–Kier alpha value is -2.63. The first-order chi connectivity index (χ1) is 15.0. The molecule has 0 saturated heterocycles. The van der Waals surface area contributed by atoms with Crippen LogP contribution in [0.15, 0.2) is 22.9 Å². The molecule has 1 fully saturated rings. The number of carbonyl (C=O) groups excluding carboxylic acids is 2. The molecular weight excluding hydrogens is 430 g/mol. The Balaban J connectivity index is 1.40. The van der Waals surface area contributed by atoms with Gasteiger partial charge in [0.15, 0.2) is 0 Å². The maximum absolute atomic E-state index is 12.5. The maximum atomic E-state index is 12.5. The van der Waals surface area contributed by atoms with Crippen molar-refractivity contribution >= 4 is 45.8 Å². The molecule has 2 aliphatic carbocycles. The number of hydrogen-bond donors (Lipinski definition) is 1. The lowest BCUT2D eigenvalue weighted by molar-refractivity contribution is -0.111. The molecule has 0 spiro atoms. The topological polar surface area (TPSA) is 82.4 Å². The van der Waals surface area contributed by atoms with Crippen molar-refractivity contribution in [3.05, 3.63) is 44.5 Å². The number of carbonyl (C=O) groups is 2. The van der Waals surface area contributed by atoms with Gasteiger partial charge in [0, 0.05) is 30.5 Å². The number of rotatable bonds is 5. The number of ether oxygens (including phenoxy) is 1.